The topological polar surface area (TPSA) is 98.0 Å². The normalized spacial score (nSPS) is 11.5. The summed E-state index contributed by atoms with van der Waals surface area (Å²) in [7, 11) is -1.99. The molecule has 28 heavy (non-hydrogen) atoms. The van der Waals surface area contributed by atoms with E-state index < -0.39 is 15.7 Å². The Labute approximate surface area is 162 Å². The number of furan rings is 1. The molecule has 0 unspecified atom stereocenters. The van der Waals surface area contributed by atoms with Gasteiger partial charge in [0.15, 0.2) is 15.6 Å². The minimum Gasteiger partial charge on any atom is -0.497 e. The first-order valence-electron chi connectivity index (χ1n) is 8.32. The van der Waals surface area contributed by atoms with Gasteiger partial charge in [-0.25, -0.2) is 13.8 Å². The molecule has 0 saturated carbocycles. The van der Waals surface area contributed by atoms with E-state index in [9.17, 15) is 13.2 Å². The first kappa shape index (κ1) is 19.4. The summed E-state index contributed by atoms with van der Waals surface area (Å²) < 4.78 is 35.2. The number of hydrogen-bond donors (Lipinski definition) is 1. The lowest BCUT2D eigenvalue weighted by molar-refractivity contribution is 0.0926. The maximum Gasteiger partial charge on any atom is 0.307 e. The van der Waals surface area contributed by atoms with Gasteiger partial charge in [-0.3, -0.25) is 4.79 Å². The Balaban J connectivity index is 1.63. The van der Waals surface area contributed by atoms with Gasteiger partial charge in [0.05, 0.1) is 18.2 Å². The molecule has 3 aromatic rings. The van der Waals surface area contributed by atoms with E-state index in [2.05, 4.69) is 10.5 Å². The van der Waals surface area contributed by atoms with Crippen LogP contribution in [0.15, 0.2) is 81.1 Å². The number of hydrazone groups is 1. The van der Waals surface area contributed by atoms with Gasteiger partial charge in [-0.2, -0.15) is 5.10 Å². The summed E-state index contributed by atoms with van der Waals surface area (Å²) in [4.78, 5) is 12.3. The first-order chi connectivity index (χ1) is 13.5. The molecule has 7 nitrogen and oxygen atoms in total. The van der Waals surface area contributed by atoms with Crippen molar-refractivity contribution in [2.75, 3.05) is 7.11 Å². The van der Waals surface area contributed by atoms with E-state index in [1.807, 2.05) is 0 Å². The molecule has 1 aromatic heterocycles. The minimum atomic E-state index is -3.55. The molecule has 8 heteroatoms. The second-order valence-corrected chi connectivity index (χ2v) is 7.80. The van der Waals surface area contributed by atoms with Crippen LogP contribution in [-0.2, 0) is 15.6 Å². The van der Waals surface area contributed by atoms with Gasteiger partial charge < -0.3 is 9.15 Å². The molecule has 1 heterocycles. The minimum absolute atomic E-state index is 0.0268. The van der Waals surface area contributed by atoms with Crippen LogP contribution in [0.25, 0.3) is 0 Å². The molecule has 1 amide bonds. The van der Waals surface area contributed by atoms with Gasteiger partial charge in [0, 0.05) is 0 Å². The fourth-order valence-corrected chi connectivity index (χ4v) is 3.69. The average molecular weight is 398 g/mol. The zero-order chi connectivity index (χ0) is 20.0. The van der Waals surface area contributed by atoms with Crippen molar-refractivity contribution in [1.82, 2.24) is 5.43 Å². The van der Waals surface area contributed by atoms with Crippen LogP contribution in [0.4, 0.5) is 0 Å². The van der Waals surface area contributed by atoms with Crippen molar-refractivity contribution in [2.45, 2.75) is 10.6 Å². The summed E-state index contributed by atoms with van der Waals surface area (Å²) >= 11 is 0. The van der Waals surface area contributed by atoms with Gasteiger partial charge in [-0.1, -0.05) is 30.3 Å². The lowest BCUT2D eigenvalue weighted by Gasteiger charge is -2.02. The highest BCUT2D eigenvalue weighted by Gasteiger charge is 2.19. The van der Waals surface area contributed by atoms with E-state index in [0.717, 1.165) is 5.56 Å². The SMILES string of the molecule is COc1cccc(/C=N\NC(=O)c2ccc(CS(=O)(=O)c3ccccc3)o2)c1. The molecule has 2 aromatic carbocycles. The van der Waals surface area contributed by atoms with Gasteiger partial charge in [-0.05, 0) is 42.0 Å². The summed E-state index contributed by atoms with van der Waals surface area (Å²) in [6.45, 7) is 0. The zero-order valence-electron chi connectivity index (χ0n) is 15.0. The van der Waals surface area contributed by atoms with Gasteiger partial charge in [-0.15, -0.1) is 0 Å². The van der Waals surface area contributed by atoms with Gasteiger partial charge in [0.1, 0.15) is 17.3 Å². The van der Waals surface area contributed by atoms with E-state index in [0.29, 0.717) is 5.75 Å². The van der Waals surface area contributed by atoms with Crippen molar-refractivity contribution in [3.63, 3.8) is 0 Å². The van der Waals surface area contributed by atoms with E-state index in [4.69, 9.17) is 9.15 Å². The molecule has 0 radical (unpaired) electrons. The largest absolute Gasteiger partial charge is 0.497 e. The Bertz CT molecular complexity index is 1090. The van der Waals surface area contributed by atoms with E-state index in [1.165, 1.54) is 30.5 Å². The molecular weight excluding hydrogens is 380 g/mol. The van der Waals surface area contributed by atoms with Crippen molar-refractivity contribution in [1.29, 1.82) is 0 Å². The van der Waals surface area contributed by atoms with Crippen LogP contribution in [0.5, 0.6) is 5.75 Å². The average Bonchev–Trinajstić information content (AvgIpc) is 3.16. The predicted molar refractivity (Wildman–Crippen MR) is 104 cm³/mol. The Morgan fingerprint density at radius 2 is 1.89 bits per heavy atom. The van der Waals surface area contributed by atoms with Crippen molar-refractivity contribution in [3.05, 3.63) is 83.8 Å². The molecule has 0 aliphatic rings. The Morgan fingerprint density at radius 1 is 1.11 bits per heavy atom. The summed E-state index contributed by atoms with van der Waals surface area (Å²) in [6.07, 6.45) is 1.46. The summed E-state index contributed by atoms with van der Waals surface area (Å²) in [5.74, 6) is -0.0999. The van der Waals surface area contributed by atoms with E-state index >= 15 is 0 Å². The highest BCUT2D eigenvalue weighted by molar-refractivity contribution is 7.90. The number of ether oxygens (including phenoxy) is 1. The summed E-state index contributed by atoms with van der Waals surface area (Å²) in [5, 5.41) is 3.87. The van der Waals surface area contributed by atoms with Crippen LogP contribution < -0.4 is 10.2 Å². The molecule has 0 atom stereocenters. The number of carbonyl (C=O) groups excluding carboxylic acids is 1. The number of nitrogens with one attached hydrogen (secondary N) is 1. The smallest absolute Gasteiger partial charge is 0.307 e. The van der Waals surface area contributed by atoms with Crippen molar-refractivity contribution >= 4 is 22.0 Å². The highest BCUT2D eigenvalue weighted by Crippen LogP contribution is 2.18. The molecule has 0 spiro atoms. The van der Waals surface area contributed by atoms with Crippen LogP contribution >= 0.6 is 0 Å². The standard InChI is InChI=1S/C20H18N2O5S/c1-26-16-7-5-6-15(12-16)13-21-22-20(23)19-11-10-17(27-19)14-28(24,25)18-8-3-2-4-9-18/h2-13H,14H2,1H3,(H,22,23)/b21-13-. The van der Waals surface area contributed by atoms with Crippen molar-refractivity contribution in [2.24, 2.45) is 5.10 Å². The van der Waals surface area contributed by atoms with Gasteiger partial charge in [0.2, 0.25) is 0 Å². The highest BCUT2D eigenvalue weighted by atomic mass is 32.2. The Hall–Kier alpha value is -3.39. The third-order valence-electron chi connectivity index (χ3n) is 3.79. The van der Waals surface area contributed by atoms with Gasteiger partial charge in [0.25, 0.3) is 0 Å². The number of rotatable bonds is 7. The number of benzene rings is 2. The molecule has 0 aliphatic heterocycles. The van der Waals surface area contributed by atoms with Crippen molar-refractivity contribution < 1.29 is 22.4 Å². The lowest BCUT2D eigenvalue weighted by Crippen LogP contribution is -2.16. The molecule has 144 valence electrons. The second kappa shape index (κ2) is 8.53. The number of nitrogens with zero attached hydrogens (tertiary/aromatic N) is 1. The molecule has 0 fully saturated rings. The second-order valence-electron chi connectivity index (χ2n) is 5.81. The monoisotopic (exact) mass is 398 g/mol. The molecule has 3 rings (SSSR count). The molecule has 0 aliphatic carbocycles. The van der Waals surface area contributed by atoms with Crippen LogP contribution in [0, 0.1) is 0 Å². The number of hydrogen-bond acceptors (Lipinski definition) is 6. The molecular formula is C20H18N2O5S. The van der Waals surface area contributed by atoms with Crippen LogP contribution in [0.1, 0.15) is 21.9 Å². The number of sulfone groups is 1. The quantitative estimate of drug-likeness (QED) is 0.487. The maximum absolute atomic E-state index is 12.4. The van der Waals surface area contributed by atoms with Crippen LogP contribution in [0.3, 0.4) is 0 Å². The third kappa shape index (κ3) is 4.86. The fraction of sp³-hybridized carbons (Fsp3) is 0.100. The molecule has 0 bridgehead atoms. The van der Waals surface area contributed by atoms with Crippen LogP contribution in [0.2, 0.25) is 0 Å². The van der Waals surface area contributed by atoms with Crippen LogP contribution in [-0.4, -0.2) is 27.6 Å². The molecule has 0 saturated heterocycles. The Kier molecular flexibility index (Phi) is 5.90. The fourth-order valence-electron chi connectivity index (χ4n) is 2.42. The zero-order valence-corrected chi connectivity index (χ0v) is 15.8. The van der Waals surface area contributed by atoms with E-state index in [-0.39, 0.29) is 22.2 Å². The predicted octanol–water partition coefficient (Wildman–Crippen LogP) is 3.03. The van der Waals surface area contributed by atoms with Gasteiger partial charge >= 0.3 is 5.91 Å². The summed E-state index contributed by atoms with van der Waals surface area (Å²) in [5.41, 5.74) is 3.08. The summed E-state index contributed by atoms with van der Waals surface area (Å²) in [6, 6.07) is 18.1. The maximum atomic E-state index is 12.4. The number of carbonyl (C=O) groups is 1. The number of amides is 1. The first-order valence-corrected chi connectivity index (χ1v) is 9.97. The number of methoxy groups -OCH3 is 1. The molecule has 1 N–H and O–H groups in total. The van der Waals surface area contributed by atoms with E-state index in [1.54, 1.807) is 49.6 Å². The Morgan fingerprint density at radius 3 is 2.64 bits per heavy atom. The third-order valence-corrected chi connectivity index (χ3v) is 5.45. The van der Waals surface area contributed by atoms with Crippen molar-refractivity contribution in [3.8, 4) is 5.75 Å². The lowest BCUT2D eigenvalue weighted by atomic mass is 10.2.